The van der Waals surface area contributed by atoms with E-state index in [1.807, 2.05) is 53.2 Å². The van der Waals surface area contributed by atoms with E-state index in [0.29, 0.717) is 16.7 Å². The maximum Gasteiger partial charge on any atom is 0.133 e. The predicted octanol–water partition coefficient (Wildman–Crippen LogP) is 6.19. The average molecular weight is 458 g/mol. The lowest BCUT2D eigenvalue weighted by Crippen LogP contribution is -2.20. The van der Waals surface area contributed by atoms with E-state index in [9.17, 15) is 0 Å². The molecule has 0 radical (unpaired) electrons. The van der Waals surface area contributed by atoms with Crippen LogP contribution in [0.4, 0.5) is 0 Å². The van der Waals surface area contributed by atoms with Crippen LogP contribution in [-0.4, -0.2) is 21.4 Å². The number of thioether (sulfide) groups is 1. The van der Waals surface area contributed by atoms with E-state index < -0.39 is 0 Å². The molecule has 0 aliphatic carbocycles. The second kappa shape index (κ2) is 8.99. The van der Waals surface area contributed by atoms with Crippen molar-refractivity contribution in [2.24, 2.45) is 0 Å². The highest BCUT2D eigenvalue weighted by atomic mass is 79.9. The molecule has 3 rings (SSSR count). The fourth-order valence-electron chi connectivity index (χ4n) is 2.26. The molecule has 0 amide bonds. The molecule has 0 saturated heterocycles. The highest BCUT2D eigenvalue weighted by molar-refractivity contribution is 9.10. The SMILES string of the molecule is Clc1cccc(Cl)c1SC(COc1ccccc1Br)Cn1ccnc1. The van der Waals surface area contributed by atoms with Gasteiger partial charge in [0.2, 0.25) is 0 Å². The van der Waals surface area contributed by atoms with Crippen LogP contribution in [-0.2, 0) is 6.54 Å². The van der Waals surface area contributed by atoms with Gasteiger partial charge in [-0.3, -0.25) is 0 Å². The quantitative estimate of drug-likeness (QED) is 0.395. The molecule has 3 aromatic rings. The molecule has 2 aromatic carbocycles. The van der Waals surface area contributed by atoms with Gasteiger partial charge in [0.15, 0.2) is 0 Å². The monoisotopic (exact) mass is 456 g/mol. The molecule has 3 nitrogen and oxygen atoms in total. The number of para-hydroxylation sites is 1. The first-order chi connectivity index (χ1) is 12.1. The largest absolute Gasteiger partial charge is 0.491 e. The maximum atomic E-state index is 6.33. The minimum absolute atomic E-state index is 0.110. The van der Waals surface area contributed by atoms with Crippen LogP contribution in [0.5, 0.6) is 5.75 Å². The molecule has 1 heterocycles. The highest BCUT2D eigenvalue weighted by Gasteiger charge is 2.17. The fourth-order valence-corrected chi connectivity index (χ4v) is 4.40. The molecule has 0 N–H and O–H groups in total. The van der Waals surface area contributed by atoms with Crippen molar-refractivity contribution in [1.29, 1.82) is 0 Å². The Kier molecular flexibility index (Phi) is 6.70. The molecule has 0 fully saturated rings. The maximum absolute atomic E-state index is 6.33. The van der Waals surface area contributed by atoms with Gasteiger partial charge in [-0.15, -0.1) is 11.8 Å². The van der Waals surface area contributed by atoms with Crippen molar-refractivity contribution in [1.82, 2.24) is 9.55 Å². The van der Waals surface area contributed by atoms with Crippen molar-refractivity contribution in [2.75, 3.05) is 6.61 Å². The van der Waals surface area contributed by atoms with Crippen LogP contribution in [0.25, 0.3) is 0 Å². The Labute approximate surface area is 169 Å². The first kappa shape index (κ1) is 18.6. The second-order valence-electron chi connectivity index (χ2n) is 5.29. The van der Waals surface area contributed by atoms with Crippen LogP contribution < -0.4 is 4.74 Å². The van der Waals surface area contributed by atoms with Crippen LogP contribution in [0.2, 0.25) is 10.0 Å². The van der Waals surface area contributed by atoms with E-state index in [4.69, 9.17) is 27.9 Å². The molecule has 7 heteroatoms. The lowest BCUT2D eigenvalue weighted by Gasteiger charge is -2.19. The van der Waals surface area contributed by atoms with Gasteiger partial charge in [0, 0.05) is 23.8 Å². The molecule has 0 aliphatic rings. The lowest BCUT2D eigenvalue weighted by molar-refractivity contribution is 0.306. The second-order valence-corrected chi connectivity index (χ2v) is 8.27. The number of halogens is 3. The number of nitrogens with zero attached hydrogens (tertiary/aromatic N) is 2. The first-order valence-corrected chi connectivity index (χ1v) is 10.00. The van der Waals surface area contributed by atoms with Crippen LogP contribution >= 0.6 is 50.9 Å². The zero-order valence-electron chi connectivity index (χ0n) is 13.1. The van der Waals surface area contributed by atoms with Crippen LogP contribution in [0.1, 0.15) is 0 Å². The summed E-state index contributed by atoms with van der Waals surface area (Å²) in [5, 5.41) is 1.40. The van der Waals surface area contributed by atoms with E-state index in [1.54, 1.807) is 24.3 Å². The predicted molar refractivity (Wildman–Crippen MR) is 108 cm³/mol. The summed E-state index contributed by atoms with van der Waals surface area (Å²) in [6, 6.07) is 13.3. The Balaban J connectivity index is 1.76. The number of imidazole rings is 1. The summed E-state index contributed by atoms with van der Waals surface area (Å²) in [4.78, 5) is 4.97. The van der Waals surface area contributed by atoms with Gasteiger partial charge in [0.05, 0.1) is 26.1 Å². The van der Waals surface area contributed by atoms with Crippen LogP contribution in [0.15, 0.2) is 70.6 Å². The topological polar surface area (TPSA) is 27.1 Å². The molecular weight excluding hydrogens is 443 g/mol. The van der Waals surface area contributed by atoms with Gasteiger partial charge in [-0.05, 0) is 40.2 Å². The smallest absolute Gasteiger partial charge is 0.133 e. The standard InChI is InChI=1S/C18H15BrCl2N2OS/c19-14-4-1-2-7-17(14)24-11-13(10-23-9-8-22-12-23)25-18-15(20)5-3-6-16(18)21/h1-9,12-13H,10-11H2. The van der Waals surface area contributed by atoms with Gasteiger partial charge < -0.3 is 9.30 Å². The van der Waals surface area contributed by atoms with Gasteiger partial charge >= 0.3 is 0 Å². The van der Waals surface area contributed by atoms with Gasteiger partial charge in [-0.1, -0.05) is 41.4 Å². The summed E-state index contributed by atoms with van der Waals surface area (Å²) in [6.07, 6.45) is 5.49. The summed E-state index contributed by atoms with van der Waals surface area (Å²) < 4.78 is 8.96. The average Bonchev–Trinajstić information content (AvgIpc) is 3.10. The molecule has 1 aromatic heterocycles. The number of rotatable bonds is 7. The number of ether oxygens (including phenoxy) is 1. The Morgan fingerprint density at radius 2 is 1.88 bits per heavy atom. The Morgan fingerprint density at radius 1 is 1.12 bits per heavy atom. The molecule has 0 aliphatic heterocycles. The number of hydrogen-bond acceptors (Lipinski definition) is 3. The highest BCUT2D eigenvalue weighted by Crippen LogP contribution is 2.37. The molecule has 0 saturated carbocycles. The molecule has 1 unspecified atom stereocenters. The lowest BCUT2D eigenvalue weighted by atomic mass is 10.3. The van der Waals surface area contributed by atoms with E-state index >= 15 is 0 Å². The molecule has 0 spiro atoms. The molecule has 130 valence electrons. The third kappa shape index (κ3) is 5.17. The van der Waals surface area contributed by atoms with Gasteiger partial charge in [-0.25, -0.2) is 4.98 Å². The summed E-state index contributed by atoms with van der Waals surface area (Å²) >= 11 is 17.8. The summed E-state index contributed by atoms with van der Waals surface area (Å²) in [7, 11) is 0. The number of hydrogen-bond donors (Lipinski definition) is 0. The van der Waals surface area contributed by atoms with Crippen molar-refractivity contribution < 1.29 is 4.74 Å². The summed E-state index contributed by atoms with van der Waals surface area (Å²) in [5.41, 5.74) is 0. The van der Waals surface area contributed by atoms with Crippen LogP contribution in [0.3, 0.4) is 0 Å². The van der Waals surface area contributed by atoms with E-state index in [-0.39, 0.29) is 5.25 Å². The van der Waals surface area contributed by atoms with E-state index in [0.717, 1.165) is 21.7 Å². The van der Waals surface area contributed by atoms with Gasteiger partial charge in [0.1, 0.15) is 12.4 Å². The zero-order chi connectivity index (χ0) is 17.6. The van der Waals surface area contributed by atoms with Crippen molar-refractivity contribution in [3.05, 3.63) is 75.7 Å². The third-order valence-corrected chi connectivity index (χ3v) is 6.24. The zero-order valence-corrected chi connectivity index (χ0v) is 17.0. The minimum atomic E-state index is 0.110. The van der Waals surface area contributed by atoms with E-state index in [2.05, 4.69) is 20.9 Å². The molecule has 0 bridgehead atoms. The van der Waals surface area contributed by atoms with Crippen molar-refractivity contribution in [3.8, 4) is 5.75 Å². The van der Waals surface area contributed by atoms with Gasteiger partial charge in [-0.2, -0.15) is 0 Å². The van der Waals surface area contributed by atoms with Crippen molar-refractivity contribution in [3.63, 3.8) is 0 Å². The third-order valence-electron chi connectivity index (χ3n) is 3.44. The molecule has 1 atom stereocenters. The fraction of sp³-hybridized carbons (Fsp3) is 0.167. The first-order valence-electron chi connectivity index (χ1n) is 7.57. The number of aromatic nitrogens is 2. The minimum Gasteiger partial charge on any atom is -0.491 e. The van der Waals surface area contributed by atoms with E-state index in [1.165, 1.54) is 0 Å². The normalized spacial score (nSPS) is 12.1. The van der Waals surface area contributed by atoms with Crippen molar-refractivity contribution in [2.45, 2.75) is 16.7 Å². The Morgan fingerprint density at radius 3 is 2.56 bits per heavy atom. The summed E-state index contributed by atoms with van der Waals surface area (Å²) in [6.45, 7) is 1.24. The van der Waals surface area contributed by atoms with Crippen LogP contribution in [0, 0.1) is 0 Å². The summed E-state index contributed by atoms with van der Waals surface area (Å²) in [5.74, 6) is 0.809. The molecule has 25 heavy (non-hydrogen) atoms. The Bertz CT molecular complexity index is 809. The Hall–Kier alpha value is -1.14. The van der Waals surface area contributed by atoms with Crippen molar-refractivity contribution >= 4 is 50.9 Å². The van der Waals surface area contributed by atoms with Gasteiger partial charge in [0.25, 0.3) is 0 Å². The molecular formula is C18H15BrCl2N2OS. The number of benzene rings is 2.